The molecule has 23 heavy (non-hydrogen) atoms. The van der Waals surface area contributed by atoms with E-state index in [2.05, 4.69) is 5.32 Å². The topological polar surface area (TPSA) is 105 Å². The maximum Gasteiger partial charge on any atom is 0.408 e. The van der Waals surface area contributed by atoms with Gasteiger partial charge in [-0.2, -0.15) is 0 Å². The van der Waals surface area contributed by atoms with Gasteiger partial charge in [0, 0.05) is 13.5 Å². The summed E-state index contributed by atoms with van der Waals surface area (Å²) < 4.78 is 4.95. The van der Waals surface area contributed by atoms with Crippen LogP contribution in [0, 0.1) is 0 Å². The molecule has 2 amide bonds. The lowest BCUT2D eigenvalue weighted by atomic mass is 10.1. The molecule has 8 nitrogen and oxygen atoms in total. The van der Waals surface area contributed by atoms with Crippen molar-refractivity contribution in [3.63, 3.8) is 0 Å². The third kappa shape index (κ3) is 6.79. The summed E-state index contributed by atoms with van der Waals surface area (Å²) in [5.74, 6) is -1.63. The fourth-order valence-corrected chi connectivity index (χ4v) is 1.69. The second-order valence-electron chi connectivity index (χ2n) is 4.71. The maximum absolute atomic E-state index is 11.6. The molecular weight excluding hydrogens is 304 g/mol. The van der Waals surface area contributed by atoms with Gasteiger partial charge in [-0.15, -0.1) is 0 Å². The number of benzene rings is 1. The van der Waals surface area contributed by atoms with Gasteiger partial charge in [-0.3, -0.25) is 9.63 Å². The van der Waals surface area contributed by atoms with Crippen LogP contribution < -0.4 is 5.32 Å². The molecule has 1 aromatic carbocycles. The summed E-state index contributed by atoms with van der Waals surface area (Å²) in [4.78, 5) is 39.0. The number of carbonyl (C=O) groups excluding carboxylic acids is 2. The van der Waals surface area contributed by atoms with Crippen molar-refractivity contribution >= 4 is 18.0 Å². The number of hydrogen-bond acceptors (Lipinski definition) is 5. The summed E-state index contributed by atoms with van der Waals surface area (Å²) in [6, 6.07) is 7.77. The van der Waals surface area contributed by atoms with Gasteiger partial charge < -0.3 is 15.2 Å². The quantitative estimate of drug-likeness (QED) is 0.695. The lowest BCUT2D eigenvalue weighted by Gasteiger charge is -2.17. The first-order chi connectivity index (χ1) is 10.9. The molecule has 0 radical (unpaired) electrons. The van der Waals surface area contributed by atoms with Gasteiger partial charge in [-0.25, -0.2) is 14.7 Å². The minimum Gasteiger partial charge on any atom is -0.480 e. The predicted octanol–water partition coefficient (Wildman–Crippen LogP) is 1.17. The number of carbonyl (C=O) groups is 3. The van der Waals surface area contributed by atoms with E-state index in [9.17, 15) is 14.4 Å². The molecule has 0 saturated heterocycles. The molecule has 0 aromatic heterocycles. The number of nitrogens with one attached hydrogen (secondary N) is 1. The highest BCUT2D eigenvalue weighted by molar-refractivity contribution is 5.81. The van der Waals surface area contributed by atoms with Crippen molar-refractivity contribution < 1.29 is 29.1 Å². The van der Waals surface area contributed by atoms with Gasteiger partial charge in [-0.05, 0) is 12.0 Å². The zero-order valence-corrected chi connectivity index (χ0v) is 13.0. The SMILES string of the molecule is CON(C)C(=O)CC[C@H](NC(=O)OCc1ccccc1)C(=O)O. The zero-order chi connectivity index (χ0) is 17.2. The molecule has 0 bridgehead atoms. The van der Waals surface area contributed by atoms with Crippen molar-refractivity contribution in [3.8, 4) is 0 Å². The van der Waals surface area contributed by atoms with E-state index in [-0.39, 0.29) is 19.4 Å². The Morgan fingerprint density at radius 3 is 2.48 bits per heavy atom. The minimum atomic E-state index is -1.24. The van der Waals surface area contributed by atoms with Crippen molar-refractivity contribution in [2.24, 2.45) is 0 Å². The van der Waals surface area contributed by atoms with Crippen LogP contribution in [0.15, 0.2) is 30.3 Å². The van der Waals surface area contributed by atoms with Gasteiger partial charge in [0.25, 0.3) is 0 Å². The van der Waals surface area contributed by atoms with Gasteiger partial charge in [0.05, 0.1) is 7.11 Å². The number of rotatable bonds is 8. The molecule has 0 spiro atoms. The van der Waals surface area contributed by atoms with Crippen LogP contribution in [0.25, 0.3) is 0 Å². The number of carboxylic acid groups (broad SMARTS) is 1. The van der Waals surface area contributed by atoms with Crippen LogP contribution in [-0.4, -0.2) is 48.3 Å². The van der Waals surface area contributed by atoms with Gasteiger partial charge in [0.1, 0.15) is 12.6 Å². The number of hydrogen-bond donors (Lipinski definition) is 2. The number of hydroxylamine groups is 2. The van der Waals surface area contributed by atoms with Crippen molar-refractivity contribution in [3.05, 3.63) is 35.9 Å². The Kier molecular flexibility index (Phi) is 7.55. The van der Waals surface area contributed by atoms with Gasteiger partial charge in [0.2, 0.25) is 5.91 Å². The zero-order valence-electron chi connectivity index (χ0n) is 13.0. The van der Waals surface area contributed by atoms with E-state index in [1.807, 2.05) is 6.07 Å². The lowest BCUT2D eigenvalue weighted by Crippen LogP contribution is -2.42. The average molecular weight is 324 g/mol. The summed E-state index contributed by atoms with van der Waals surface area (Å²) in [5, 5.41) is 12.3. The highest BCUT2D eigenvalue weighted by Gasteiger charge is 2.22. The molecular formula is C15H20N2O6. The summed E-state index contributed by atoms with van der Waals surface area (Å²) in [5.41, 5.74) is 0.784. The maximum atomic E-state index is 11.6. The van der Waals surface area contributed by atoms with Crippen LogP contribution in [0.2, 0.25) is 0 Å². The normalized spacial score (nSPS) is 11.4. The first-order valence-electron chi connectivity index (χ1n) is 6.94. The van der Waals surface area contributed by atoms with Crippen molar-refractivity contribution in [2.45, 2.75) is 25.5 Å². The Hall–Kier alpha value is -2.61. The fourth-order valence-electron chi connectivity index (χ4n) is 1.69. The van der Waals surface area contributed by atoms with E-state index in [1.165, 1.54) is 14.2 Å². The molecule has 8 heteroatoms. The Bertz CT molecular complexity index is 534. The average Bonchev–Trinajstić information content (AvgIpc) is 2.56. The summed E-state index contributed by atoms with van der Waals surface area (Å²) in [7, 11) is 2.74. The predicted molar refractivity (Wildman–Crippen MR) is 80.2 cm³/mol. The molecule has 0 saturated carbocycles. The monoisotopic (exact) mass is 324 g/mol. The van der Waals surface area contributed by atoms with Gasteiger partial charge >= 0.3 is 12.1 Å². The molecule has 1 aromatic rings. The van der Waals surface area contributed by atoms with E-state index in [1.54, 1.807) is 24.3 Å². The highest BCUT2D eigenvalue weighted by atomic mass is 16.7. The van der Waals surface area contributed by atoms with Crippen LogP contribution in [0.4, 0.5) is 4.79 Å². The number of ether oxygens (including phenoxy) is 1. The third-order valence-electron chi connectivity index (χ3n) is 3.07. The Morgan fingerprint density at radius 2 is 1.91 bits per heavy atom. The summed E-state index contributed by atoms with van der Waals surface area (Å²) in [6.07, 6.45) is -1.00. The van der Waals surface area contributed by atoms with Crippen molar-refractivity contribution in [2.75, 3.05) is 14.2 Å². The smallest absolute Gasteiger partial charge is 0.408 e. The van der Waals surface area contributed by atoms with E-state index < -0.39 is 24.0 Å². The minimum absolute atomic E-state index is 0.0321. The molecule has 2 N–H and O–H groups in total. The number of amides is 2. The molecule has 0 aliphatic heterocycles. The first kappa shape index (κ1) is 18.4. The molecule has 1 atom stereocenters. The van der Waals surface area contributed by atoms with Crippen LogP contribution in [0.3, 0.4) is 0 Å². The number of aliphatic carboxylic acids is 1. The van der Waals surface area contributed by atoms with Crippen molar-refractivity contribution in [1.82, 2.24) is 10.4 Å². The number of nitrogens with zero attached hydrogens (tertiary/aromatic N) is 1. The van der Waals surface area contributed by atoms with Crippen LogP contribution in [0.5, 0.6) is 0 Å². The van der Waals surface area contributed by atoms with Crippen molar-refractivity contribution in [1.29, 1.82) is 0 Å². The van der Waals surface area contributed by atoms with E-state index in [0.29, 0.717) is 0 Å². The van der Waals surface area contributed by atoms with Gasteiger partial charge in [-0.1, -0.05) is 30.3 Å². The highest BCUT2D eigenvalue weighted by Crippen LogP contribution is 2.04. The Balaban J connectivity index is 2.44. The Morgan fingerprint density at radius 1 is 1.26 bits per heavy atom. The third-order valence-corrected chi connectivity index (χ3v) is 3.07. The second-order valence-corrected chi connectivity index (χ2v) is 4.71. The molecule has 0 fully saturated rings. The number of carboxylic acids is 1. The lowest BCUT2D eigenvalue weighted by molar-refractivity contribution is -0.168. The molecule has 1 rings (SSSR count). The molecule has 0 aliphatic carbocycles. The summed E-state index contributed by atoms with van der Waals surface area (Å²) >= 11 is 0. The molecule has 0 unspecified atom stereocenters. The van der Waals surface area contributed by atoms with Crippen LogP contribution >= 0.6 is 0 Å². The first-order valence-corrected chi connectivity index (χ1v) is 6.94. The molecule has 126 valence electrons. The molecule has 0 aliphatic rings. The largest absolute Gasteiger partial charge is 0.480 e. The molecule has 0 heterocycles. The van der Waals surface area contributed by atoms with Gasteiger partial charge in [0.15, 0.2) is 0 Å². The van der Waals surface area contributed by atoms with E-state index in [0.717, 1.165) is 10.6 Å². The standard InChI is InChI=1S/C15H20N2O6/c1-17(22-2)13(18)9-8-12(14(19)20)16-15(21)23-10-11-6-4-3-5-7-11/h3-7,12H,8-10H2,1-2H3,(H,16,21)(H,19,20)/t12-/m0/s1. The van der Waals surface area contributed by atoms with E-state index in [4.69, 9.17) is 14.7 Å². The Labute approximate surface area is 133 Å². The summed E-state index contributed by atoms with van der Waals surface area (Å²) in [6.45, 7) is 0.0321. The van der Waals surface area contributed by atoms with E-state index >= 15 is 0 Å². The fraction of sp³-hybridized carbons (Fsp3) is 0.400. The second kappa shape index (κ2) is 9.42. The van der Waals surface area contributed by atoms with Crippen LogP contribution in [-0.2, 0) is 25.8 Å². The van der Waals surface area contributed by atoms with Crippen LogP contribution in [0.1, 0.15) is 18.4 Å². The number of alkyl carbamates (subject to hydrolysis) is 1.